The van der Waals surface area contributed by atoms with Crippen LogP contribution in [-0.4, -0.2) is 4.92 Å². The normalized spacial score (nSPS) is 10.2. The minimum Gasteiger partial charge on any atom is -0.348 e. The molecule has 6 nitrogen and oxygen atoms in total. The average Bonchev–Trinajstić information content (AvgIpc) is 2.42. The summed E-state index contributed by atoms with van der Waals surface area (Å²) in [6.45, 7) is 1.87. The second-order valence-electron chi connectivity index (χ2n) is 4.16. The molecule has 4 N–H and O–H groups in total. The Kier molecular flexibility index (Phi) is 4.07. The van der Waals surface area contributed by atoms with E-state index in [9.17, 15) is 10.1 Å². The van der Waals surface area contributed by atoms with Gasteiger partial charge in [-0.25, -0.2) is 0 Å². The van der Waals surface area contributed by atoms with Crippen LogP contribution >= 0.6 is 11.6 Å². The summed E-state index contributed by atoms with van der Waals surface area (Å²) in [7, 11) is 0. The zero-order chi connectivity index (χ0) is 14.7. The fourth-order valence-electron chi connectivity index (χ4n) is 1.88. The second-order valence-corrected chi connectivity index (χ2v) is 4.57. The van der Waals surface area contributed by atoms with E-state index in [1.807, 2.05) is 19.1 Å². The van der Waals surface area contributed by atoms with Crippen LogP contribution in [0.4, 0.5) is 22.7 Å². The van der Waals surface area contributed by atoms with E-state index in [0.29, 0.717) is 16.4 Å². The quantitative estimate of drug-likeness (QED) is 0.455. The van der Waals surface area contributed by atoms with Gasteiger partial charge in [0.15, 0.2) is 0 Å². The van der Waals surface area contributed by atoms with Crippen molar-refractivity contribution in [1.29, 1.82) is 0 Å². The maximum atomic E-state index is 11.2. The molecule has 0 radical (unpaired) electrons. The number of nitro groups is 1. The molecule has 0 bridgehead atoms. The number of nitrogen functional groups attached to an aromatic ring is 1. The zero-order valence-electron chi connectivity index (χ0n) is 10.7. The van der Waals surface area contributed by atoms with Gasteiger partial charge in [0.2, 0.25) is 0 Å². The third kappa shape index (κ3) is 2.66. The molecule has 7 heteroatoms. The topological polar surface area (TPSA) is 93.2 Å². The van der Waals surface area contributed by atoms with Gasteiger partial charge in [0.05, 0.1) is 15.6 Å². The smallest absolute Gasteiger partial charge is 0.316 e. The highest BCUT2D eigenvalue weighted by molar-refractivity contribution is 6.33. The summed E-state index contributed by atoms with van der Waals surface area (Å²) in [6.07, 6.45) is 0. The van der Waals surface area contributed by atoms with Gasteiger partial charge in [-0.15, -0.1) is 0 Å². The largest absolute Gasteiger partial charge is 0.348 e. The minimum absolute atomic E-state index is 0.130. The minimum atomic E-state index is -0.496. The van der Waals surface area contributed by atoms with Gasteiger partial charge in [-0.05, 0) is 30.7 Å². The van der Waals surface area contributed by atoms with Crippen molar-refractivity contribution in [2.45, 2.75) is 6.92 Å². The molecule has 0 aliphatic rings. The number of nitrogens with zero attached hydrogens (tertiary/aromatic N) is 1. The number of nitro benzene ring substituents is 1. The fourth-order valence-corrected chi connectivity index (χ4v) is 2.15. The number of hydrazine groups is 1. The highest BCUT2D eigenvalue weighted by atomic mass is 35.5. The van der Waals surface area contributed by atoms with Gasteiger partial charge in [-0.3, -0.25) is 16.0 Å². The Hall–Kier alpha value is -2.31. The molecule has 0 saturated heterocycles. The molecule has 0 aliphatic carbocycles. The first-order valence-corrected chi connectivity index (χ1v) is 6.18. The number of rotatable bonds is 4. The summed E-state index contributed by atoms with van der Waals surface area (Å²) in [5, 5.41) is 14.7. The molecule has 2 aromatic carbocycles. The monoisotopic (exact) mass is 292 g/mol. The predicted molar refractivity (Wildman–Crippen MR) is 80.4 cm³/mol. The van der Waals surface area contributed by atoms with Crippen LogP contribution in [0.3, 0.4) is 0 Å². The molecular weight excluding hydrogens is 280 g/mol. The highest BCUT2D eigenvalue weighted by Gasteiger charge is 2.20. The average molecular weight is 293 g/mol. The second kappa shape index (κ2) is 5.77. The Balaban J connectivity index is 2.51. The van der Waals surface area contributed by atoms with Gasteiger partial charge < -0.3 is 10.7 Å². The number of hydrogen-bond acceptors (Lipinski definition) is 5. The number of nitrogens with two attached hydrogens (primary N) is 1. The van der Waals surface area contributed by atoms with Gasteiger partial charge in [-0.1, -0.05) is 29.8 Å². The Bertz CT molecular complexity index is 641. The summed E-state index contributed by atoms with van der Waals surface area (Å²) in [5.41, 5.74) is 4.25. The molecular formula is C13H13ClN4O2. The van der Waals surface area contributed by atoms with Gasteiger partial charge in [-0.2, -0.15) is 0 Å². The summed E-state index contributed by atoms with van der Waals surface area (Å²) in [4.78, 5) is 10.7. The number of halogens is 1. The summed E-state index contributed by atoms with van der Waals surface area (Å²) in [6, 6.07) is 10.2. The van der Waals surface area contributed by atoms with Gasteiger partial charge in [0.25, 0.3) is 0 Å². The van der Waals surface area contributed by atoms with Crippen LogP contribution in [0.5, 0.6) is 0 Å². The molecule has 2 rings (SSSR count). The molecule has 0 atom stereocenters. The van der Waals surface area contributed by atoms with Crippen LogP contribution in [0, 0.1) is 17.0 Å². The standard InChI is InChI=1S/C13H13ClN4O2/c1-8-4-2-5-9(14)12(8)16-10-6-3-7-11(17-15)13(10)18(19)20/h2-7,16-17H,15H2,1H3. The number of para-hydroxylation sites is 2. The molecule has 0 aromatic heterocycles. The first-order chi connectivity index (χ1) is 9.54. The third-order valence-corrected chi connectivity index (χ3v) is 3.17. The van der Waals surface area contributed by atoms with Crippen LogP contribution in [0.2, 0.25) is 5.02 Å². The van der Waals surface area contributed by atoms with Crippen LogP contribution in [0.1, 0.15) is 5.56 Å². The summed E-state index contributed by atoms with van der Waals surface area (Å²) >= 11 is 6.11. The Morgan fingerprint density at radius 1 is 1.20 bits per heavy atom. The highest BCUT2D eigenvalue weighted by Crippen LogP contribution is 2.36. The first kappa shape index (κ1) is 14.1. The van der Waals surface area contributed by atoms with E-state index in [4.69, 9.17) is 17.4 Å². The van der Waals surface area contributed by atoms with Crippen molar-refractivity contribution in [3.8, 4) is 0 Å². The van der Waals surface area contributed by atoms with Crippen molar-refractivity contribution in [3.05, 3.63) is 57.1 Å². The van der Waals surface area contributed by atoms with Crippen LogP contribution in [0.25, 0.3) is 0 Å². The van der Waals surface area contributed by atoms with Crippen molar-refractivity contribution >= 4 is 34.4 Å². The molecule has 0 heterocycles. The van der Waals surface area contributed by atoms with Crippen molar-refractivity contribution < 1.29 is 4.92 Å². The van der Waals surface area contributed by atoms with Crippen LogP contribution < -0.4 is 16.6 Å². The van der Waals surface area contributed by atoms with E-state index in [1.54, 1.807) is 18.2 Å². The van der Waals surface area contributed by atoms with E-state index in [1.165, 1.54) is 6.07 Å². The maximum Gasteiger partial charge on any atom is 0.316 e. The van der Waals surface area contributed by atoms with E-state index in [-0.39, 0.29) is 11.4 Å². The van der Waals surface area contributed by atoms with E-state index >= 15 is 0 Å². The number of benzene rings is 2. The van der Waals surface area contributed by atoms with E-state index in [2.05, 4.69) is 10.7 Å². The summed E-state index contributed by atoms with van der Waals surface area (Å²) in [5.74, 6) is 5.30. The Morgan fingerprint density at radius 3 is 2.45 bits per heavy atom. The predicted octanol–water partition coefficient (Wildman–Crippen LogP) is 3.59. The van der Waals surface area contributed by atoms with Crippen molar-refractivity contribution in [3.63, 3.8) is 0 Å². The lowest BCUT2D eigenvalue weighted by Crippen LogP contribution is -2.10. The van der Waals surface area contributed by atoms with Crippen molar-refractivity contribution in [2.24, 2.45) is 5.84 Å². The SMILES string of the molecule is Cc1cccc(Cl)c1Nc1cccc(NN)c1[N+](=O)[O-]. The molecule has 0 unspecified atom stereocenters. The number of aryl methyl sites for hydroxylation is 1. The number of anilines is 3. The van der Waals surface area contributed by atoms with Crippen LogP contribution in [0.15, 0.2) is 36.4 Å². The third-order valence-electron chi connectivity index (χ3n) is 2.86. The number of nitrogens with one attached hydrogen (secondary N) is 2. The molecule has 0 saturated carbocycles. The van der Waals surface area contributed by atoms with Gasteiger partial charge in [0.1, 0.15) is 11.4 Å². The van der Waals surface area contributed by atoms with E-state index in [0.717, 1.165) is 5.56 Å². The van der Waals surface area contributed by atoms with Crippen LogP contribution in [-0.2, 0) is 0 Å². The lowest BCUT2D eigenvalue weighted by molar-refractivity contribution is -0.383. The maximum absolute atomic E-state index is 11.2. The Labute approximate surface area is 120 Å². The molecule has 0 aliphatic heterocycles. The zero-order valence-corrected chi connectivity index (χ0v) is 11.4. The van der Waals surface area contributed by atoms with Crippen molar-refractivity contribution in [1.82, 2.24) is 0 Å². The molecule has 0 fully saturated rings. The molecule has 2 aromatic rings. The Morgan fingerprint density at radius 2 is 1.85 bits per heavy atom. The molecule has 104 valence electrons. The van der Waals surface area contributed by atoms with Gasteiger partial charge >= 0.3 is 5.69 Å². The van der Waals surface area contributed by atoms with E-state index < -0.39 is 4.92 Å². The van der Waals surface area contributed by atoms with Crippen molar-refractivity contribution in [2.75, 3.05) is 10.7 Å². The lowest BCUT2D eigenvalue weighted by Gasteiger charge is -2.13. The number of hydrogen-bond donors (Lipinski definition) is 3. The molecule has 0 amide bonds. The lowest BCUT2D eigenvalue weighted by atomic mass is 10.1. The summed E-state index contributed by atoms with van der Waals surface area (Å²) < 4.78 is 0. The molecule has 20 heavy (non-hydrogen) atoms. The first-order valence-electron chi connectivity index (χ1n) is 5.80. The fraction of sp³-hybridized carbons (Fsp3) is 0.0769. The van der Waals surface area contributed by atoms with Gasteiger partial charge in [0, 0.05) is 0 Å². The molecule has 0 spiro atoms.